The molecule has 1 rings (SSSR count). The van der Waals surface area contributed by atoms with Crippen LogP contribution in [0.5, 0.6) is 5.75 Å². The molecule has 18 heavy (non-hydrogen) atoms. The largest absolute Gasteiger partial charge is 0.426 e. The molecular weight excluding hydrogens is 247 g/mol. The van der Waals surface area contributed by atoms with E-state index in [1.165, 1.54) is 5.56 Å². The fourth-order valence-corrected chi connectivity index (χ4v) is 2.13. The van der Waals surface area contributed by atoms with Gasteiger partial charge < -0.3 is 9.42 Å². The second-order valence-corrected chi connectivity index (χ2v) is 7.31. The Labute approximate surface area is 110 Å². The van der Waals surface area contributed by atoms with Gasteiger partial charge in [0, 0.05) is 5.56 Å². The Morgan fingerprint density at radius 2 is 1.61 bits per heavy atom. The van der Waals surface area contributed by atoms with Crippen molar-refractivity contribution in [3.05, 3.63) is 29.3 Å². The van der Waals surface area contributed by atoms with E-state index in [9.17, 15) is 4.57 Å². The van der Waals surface area contributed by atoms with Gasteiger partial charge in [-0.05, 0) is 22.5 Å². The van der Waals surface area contributed by atoms with E-state index >= 15 is 0 Å². The molecule has 1 N–H and O–H groups in total. The summed E-state index contributed by atoms with van der Waals surface area (Å²) in [7, 11) is -2.97. The van der Waals surface area contributed by atoms with Gasteiger partial charge in [0.1, 0.15) is 5.75 Å². The predicted molar refractivity (Wildman–Crippen MR) is 75.7 cm³/mol. The molecule has 0 amide bonds. The molecule has 0 radical (unpaired) electrons. The van der Waals surface area contributed by atoms with Crippen LogP contribution in [0.15, 0.2) is 18.2 Å². The molecule has 0 saturated heterocycles. The molecular formula is C14H23O3P. The summed E-state index contributed by atoms with van der Waals surface area (Å²) in [5.74, 6) is 0.502. The lowest BCUT2D eigenvalue weighted by molar-refractivity contribution is 0.403. The number of hydrogen-bond donors (Lipinski definition) is 1. The molecule has 102 valence electrons. The van der Waals surface area contributed by atoms with E-state index in [0.29, 0.717) is 5.75 Å². The van der Waals surface area contributed by atoms with Crippen LogP contribution in [0.3, 0.4) is 0 Å². The highest BCUT2D eigenvalue weighted by atomic mass is 31.1. The van der Waals surface area contributed by atoms with Crippen LogP contribution in [0.4, 0.5) is 0 Å². The summed E-state index contributed by atoms with van der Waals surface area (Å²) < 4.78 is 15.9. The summed E-state index contributed by atoms with van der Waals surface area (Å²) in [5.41, 5.74) is 2.07. The third-order valence-corrected chi connectivity index (χ3v) is 3.25. The number of benzene rings is 1. The highest BCUT2D eigenvalue weighted by Gasteiger charge is 2.23. The minimum Gasteiger partial charge on any atom is -0.426 e. The summed E-state index contributed by atoms with van der Waals surface area (Å²) in [5, 5.41) is 0. The second kappa shape index (κ2) is 5.07. The monoisotopic (exact) mass is 270 g/mol. The summed E-state index contributed by atoms with van der Waals surface area (Å²) in [6.45, 7) is 12.6. The minimum absolute atomic E-state index is 0.0446. The van der Waals surface area contributed by atoms with Crippen LogP contribution in [-0.4, -0.2) is 4.89 Å². The average Bonchev–Trinajstić information content (AvgIpc) is 2.13. The first-order valence-corrected chi connectivity index (χ1v) is 7.34. The van der Waals surface area contributed by atoms with Gasteiger partial charge in [0.25, 0.3) is 0 Å². The zero-order chi connectivity index (χ0) is 14.1. The maximum atomic E-state index is 10.9. The fraction of sp³-hybridized carbons (Fsp3) is 0.571. The molecule has 0 aliphatic heterocycles. The van der Waals surface area contributed by atoms with Crippen LogP contribution in [0, 0.1) is 0 Å². The van der Waals surface area contributed by atoms with E-state index in [2.05, 4.69) is 47.6 Å². The van der Waals surface area contributed by atoms with Gasteiger partial charge in [-0.25, -0.2) is 4.57 Å². The van der Waals surface area contributed by atoms with E-state index in [1.807, 2.05) is 6.07 Å². The number of rotatable bonds is 2. The fourth-order valence-electron chi connectivity index (χ4n) is 1.77. The van der Waals surface area contributed by atoms with Crippen LogP contribution in [0.25, 0.3) is 0 Å². The van der Waals surface area contributed by atoms with Crippen molar-refractivity contribution in [2.45, 2.75) is 52.4 Å². The van der Waals surface area contributed by atoms with Gasteiger partial charge in [-0.1, -0.05) is 53.7 Å². The van der Waals surface area contributed by atoms with Crippen molar-refractivity contribution in [1.82, 2.24) is 0 Å². The van der Waals surface area contributed by atoms with Crippen molar-refractivity contribution in [1.29, 1.82) is 0 Å². The zero-order valence-corrected chi connectivity index (χ0v) is 13.0. The molecule has 0 spiro atoms. The molecule has 0 aromatic heterocycles. The van der Waals surface area contributed by atoms with Crippen molar-refractivity contribution in [2.75, 3.05) is 0 Å². The Bertz CT molecular complexity index is 453. The smallest absolute Gasteiger partial charge is 0.365 e. The molecule has 0 bridgehead atoms. The first-order valence-electron chi connectivity index (χ1n) is 6.07. The van der Waals surface area contributed by atoms with Gasteiger partial charge in [-0.15, -0.1) is 0 Å². The topological polar surface area (TPSA) is 46.5 Å². The molecule has 1 aromatic carbocycles. The third kappa shape index (κ3) is 3.86. The minimum atomic E-state index is -2.97. The summed E-state index contributed by atoms with van der Waals surface area (Å²) in [6, 6.07) is 5.81. The van der Waals surface area contributed by atoms with Gasteiger partial charge in [-0.2, -0.15) is 0 Å². The number of hydrogen-bond acceptors (Lipinski definition) is 2. The average molecular weight is 270 g/mol. The molecule has 0 heterocycles. The Hall–Kier alpha value is -0.790. The normalized spacial score (nSPS) is 14.4. The Kier molecular flexibility index (Phi) is 4.30. The quantitative estimate of drug-likeness (QED) is 0.825. The molecule has 1 unspecified atom stereocenters. The Balaban J connectivity index is 3.34. The van der Waals surface area contributed by atoms with E-state index in [4.69, 9.17) is 9.42 Å². The van der Waals surface area contributed by atoms with Crippen LogP contribution in [0.1, 0.15) is 52.7 Å². The summed E-state index contributed by atoms with van der Waals surface area (Å²) in [4.78, 5) is 8.95. The maximum absolute atomic E-state index is 10.9. The van der Waals surface area contributed by atoms with Gasteiger partial charge in [0.15, 0.2) is 0 Å². The Morgan fingerprint density at radius 3 is 2.00 bits per heavy atom. The lowest BCUT2D eigenvalue weighted by atomic mass is 9.80. The summed E-state index contributed by atoms with van der Waals surface area (Å²) >= 11 is 0. The second-order valence-electron chi connectivity index (χ2n) is 6.58. The van der Waals surface area contributed by atoms with Crippen molar-refractivity contribution < 1.29 is 14.0 Å². The molecule has 0 fully saturated rings. The summed E-state index contributed by atoms with van der Waals surface area (Å²) in [6.07, 6.45) is 0. The van der Waals surface area contributed by atoms with E-state index in [-0.39, 0.29) is 10.8 Å². The zero-order valence-electron chi connectivity index (χ0n) is 12.0. The van der Waals surface area contributed by atoms with Crippen molar-refractivity contribution in [3.8, 4) is 5.75 Å². The highest BCUT2D eigenvalue weighted by molar-refractivity contribution is 7.32. The highest BCUT2D eigenvalue weighted by Crippen LogP contribution is 2.38. The maximum Gasteiger partial charge on any atom is 0.365 e. The standard InChI is InChI=1S/C14H23O3P/c1-13(2,3)10-7-8-12(17-18(15)16)11(9-10)14(4,5)6/h7-9,18H,1-6H3,(H,15,16). The van der Waals surface area contributed by atoms with E-state index in [0.717, 1.165) is 5.56 Å². The molecule has 3 nitrogen and oxygen atoms in total. The van der Waals surface area contributed by atoms with E-state index < -0.39 is 8.25 Å². The van der Waals surface area contributed by atoms with Gasteiger partial charge >= 0.3 is 8.25 Å². The third-order valence-electron chi connectivity index (χ3n) is 2.85. The van der Waals surface area contributed by atoms with E-state index in [1.54, 1.807) is 6.07 Å². The molecule has 4 heteroatoms. The molecule has 1 aromatic rings. The van der Waals surface area contributed by atoms with Crippen LogP contribution < -0.4 is 4.52 Å². The van der Waals surface area contributed by atoms with Crippen molar-refractivity contribution in [3.63, 3.8) is 0 Å². The lowest BCUT2D eigenvalue weighted by Gasteiger charge is -2.26. The predicted octanol–water partition coefficient (Wildman–Crippen LogP) is 4.04. The van der Waals surface area contributed by atoms with Gasteiger partial charge in [0.05, 0.1) is 0 Å². The van der Waals surface area contributed by atoms with Gasteiger partial charge in [0.2, 0.25) is 0 Å². The first kappa shape index (κ1) is 15.3. The van der Waals surface area contributed by atoms with Crippen LogP contribution in [0.2, 0.25) is 0 Å². The Morgan fingerprint density at radius 1 is 1.06 bits per heavy atom. The van der Waals surface area contributed by atoms with Gasteiger partial charge in [-0.3, -0.25) is 0 Å². The van der Waals surface area contributed by atoms with Crippen molar-refractivity contribution >= 4 is 8.25 Å². The van der Waals surface area contributed by atoms with Crippen molar-refractivity contribution in [2.24, 2.45) is 0 Å². The SMILES string of the molecule is CC(C)(C)c1ccc(O[PH](=O)O)c(C(C)(C)C)c1. The molecule has 1 atom stereocenters. The molecule has 0 saturated carbocycles. The van der Waals surface area contributed by atoms with Crippen LogP contribution in [-0.2, 0) is 15.4 Å². The van der Waals surface area contributed by atoms with Crippen LogP contribution >= 0.6 is 8.25 Å². The lowest BCUT2D eigenvalue weighted by Crippen LogP contribution is -2.17. The molecule has 0 aliphatic carbocycles. The first-order chi connectivity index (χ1) is 8.01. The molecule has 0 aliphatic rings.